The van der Waals surface area contributed by atoms with Crippen LogP contribution >= 0.6 is 0 Å². The molecule has 0 heterocycles. The molecule has 0 atom stereocenters. The molecule has 0 aliphatic heterocycles. The molecule has 0 saturated heterocycles. The van der Waals surface area contributed by atoms with Crippen molar-refractivity contribution in [3.05, 3.63) is 12.3 Å². The highest BCUT2D eigenvalue weighted by atomic mass is 16.4. The first kappa shape index (κ1) is 7.68. The molecule has 1 amide bonds. The summed E-state index contributed by atoms with van der Waals surface area (Å²) in [7, 11) is 0. The fourth-order valence-corrected chi connectivity index (χ4v) is 0.230. The molecule has 0 fully saturated rings. The maximum atomic E-state index is 10.1. The Morgan fingerprint density at radius 2 is 2.11 bits per heavy atom. The zero-order chi connectivity index (χ0) is 7.28. The molecule has 0 saturated carbocycles. The van der Waals surface area contributed by atoms with E-state index < -0.39 is 5.97 Å². The minimum atomic E-state index is -1.08. The summed E-state index contributed by atoms with van der Waals surface area (Å²) in [6, 6.07) is 0. The summed E-state index contributed by atoms with van der Waals surface area (Å²) in [5.74, 6) is -1.36. The van der Waals surface area contributed by atoms with Gasteiger partial charge in [0.2, 0.25) is 5.91 Å². The molecule has 0 aliphatic carbocycles. The zero-order valence-corrected chi connectivity index (χ0v) is 4.92. The molecule has 0 radical (unpaired) electrons. The minimum Gasteiger partial charge on any atom is -0.478 e. The van der Waals surface area contributed by atoms with Gasteiger partial charge >= 0.3 is 5.97 Å². The fraction of sp³-hybridized carbons (Fsp3) is 0.200. The summed E-state index contributed by atoms with van der Waals surface area (Å²) in [6.07, 6.45) is 1.92. The van der Waals surface area contributed by atoms with E-state index in [4.69, 9.17) is 5.11 Å². The van der Waals surface area contributed by atoms with Gasteiger partial charge in [-0.25, -0.2) is 4.79 Å². The molecule has 0 aliphatic rings. The monoisotopic (exact) mass is 129 g/mol. The van der Waals surface area contributed by atoms with Gasteiger partial charge in [0, 0.05) is 19.2 Å². The van der Waals surface area contributed by atoms with E-state index in [1.54, 1.807) is 0 Å². The molecule has 0 bridgehead atoms. The number of nitrogens with one attached hydrogen (secondary N) is 1. The van der Waals surface area contributed by atoms with E-state index in [1.165, 1.54) is 6.92 Å². The van der Waals surface area contributed by atoms with Gasteiger partial charge in [0.15, 0.2) is 0 Å². The zero-order valence-electron chi connectivity index (χ0n) is 4.92. The Bertz CT molecular complexity index is 150. The highest BCUT2D eigenvalue weighted by molar-refractivity contribution is 5.81. The van der Waals surface area contributed by atoms with Crippen molar-refractivity contribution in [2.24, 2.45) is 0 Å². The Kier molecular flexibility index (Phi) is 3.12. The van der Waals surface area contributed by atoms with Crippen LogP contribution in [0, 0.1) is 0 Å². The molecule has 4 nitrogen and oxygen atoms in total. The first-order chi connectivity index (χ1) is 4.13. The second kappa shape index (κ2) is 3.65. The topological polar surface area (TPSA) is 66.4 Å². The second-order valence-electron chi connectivity index (χ2n) is 1.37. The highest BCUT2D eigenvalue weighted by Crippen LogP contribution is 1.67. The lowest BCUT2D eigenvalue weighted by atomic mass is 10.6. The standard InChI is InChI=1S/C5H7NO3/c1-4(7)6-3-2-5(8)9/h2-3H,1H3,(H,6,7)(H,8,9)/b3-2-. The molecule has 0 aromatic heterocycles. The molecular weight excluding hydrogens is 122 g/mol. The Labute approximate surface area is 52.2 Å². The number of rotatable bonds is 2. The molecule has 4 heteroatoms. The van der Waals surface area contributed by atoms with Gasteiger partial charge in [-0.05, 0) is 0 Å². The summed E-state index contributed by atoms with van der Waals surface area (Å²) < 4.78 is 0. The van der Waals surface area contributed by atoms with E-state index in [2.05, 4.69) is 5.32 Å². The fourth-order valence-electron chi connectivity index (χ4n) is 0.230. The lowest BCUT2D eigenvalue weighted by Crippen LogP contribution is -2.12. The molecule has 0 rings (SSSR count). The van der Waals surface area contributed by atoms with Gasteiger partial charge in [-0.15, -0.1) is 0 Å². The van der Waals surface area contributed by atoms with Crippen LogP contribution in [0.2, 0.25) is 0 Å². The van der Waals surface area contributed by atoms with Gasteiger partial charge < -0.3 is 10.4 Å². The van der Waals surface area contributed by atoms with Gasteiger partial charge in [-0.2, -0.15) is 0 Å². The predicted molar refractivity (Wildman–Crippen MR) is 30.6 cm³/mol. The van der Waals surface area contributed by atoms with Gasteiger partial charge in [-0.3, -0.25) is 4.79 Å². The van der Waals surface area contributed by atoms with Crippen molar-refractivity contribution in [1.29, 1.82) is 0 Å². The number of hydrogen-bond donors (Lipinski definition) is 2. The van der Waals surface area contributed by atoms with E-state index in [0.29, 0.717) is 0 Å². The molecule has 0 spiro atoms. The average molecular weight is 129 g/mol. The molecule has 0 unspecified atom stereocenters. The third-order valence-corrected chi connectivity index (χ3v) is 0.513. The van der Waals surface area contributed by atoms with E-state index in [0.717, 1.165) is 12.3 Å². The van der Waals surface area contributed by atoms with E-state index >= 15 is 0 Å². The smallest absolute Gasteiger partial charge is 0.329 e. The maximum absolute atomic E-state index is 10.1. The maximum Gasteiger partial charge on any atom is 0.329 e. The SMILES string of the molecule is CC(=O)N/C=C\C(=O)O. The van der Waals surface area contributed by atoms with Crippen LogP contribution in [0.4, 0.5) is 0 Å². The van der Waals surface area contributed by atoms with Crippen LogP contribution in [0.3, 0.4) is 0 Å². The van der Waals surface area contributed by atoms with E-state index in [9.17, 15) is 9.59 Å². The van der Waals surface area contributed by atoms with Gasteiger partial charge in [-0.1, -0.05) is 0 Å². The third-order valence-electron chi connectivity index (χ3n) is 0.513. The van der Waals surface area contributed by atoms with Gasteiger partial charge in [0.05, 0.1) is 0 Å². The van der Waals surface area contributed by atoms with Crippen molar-refractivity contribution in [3.8, 4) is 0 Å². The number of carboxylic acids is 1. The molecule has 0 aromatic carbocycles. The van der Waals surface area contributed by atoms with Gasteiger partial charge in [0.25, 0.3) is 0 Å². The van der Waals surface area contributed by atoms with Crippen LogP contribution in [-0.2, 0) is 9.59 Å². The first-order valence-corrected chi connectivity index (χ1v) is 2.29. The van der Waals surface area contributed by atoms with Crippen LogP contribution in [-0.4, -0.2) is 17.0 Å². The number of carboxylic acid groups (broad SMARTS) is 1. The Hall–Kier alpha value is -1.32. The summed E-state index contributed by atoms with van der Waals surface area (Å²) in [5.41, 5.74) is 0. The number of hydrogen-bond acceptors (Lipinski definition) is 2. The van der Waals surface area contributed by atoms with Crippen molar-refractivity contribution in [2.75, 3.05) is 0 Å². The van der Waals surface area contributed by atoms with E-state index in [-0.39, 0.29) is 5.91 Å². The number of carbonyl (C=O) groups is 2. The molecule has 9 heavy (non-hydrogen) atoms. The number of amides is 1. The van der Waals surface area contributed by atoms with Crippen LogP contribution < -0.4 is 5.32 Å². The predicted octanol–water partition coefficient (Wildman–Crippen LogP) is -0.279. The van der Waals surface area contributed by atoms with Gasteiger partial charge in [0.1, 0.15) is 0 Å². The Morgan fingerprint density at radius 1 is 1.56 bits per heavy atom. The van der Waals surface area contributed by atoms with Crippen LogP contribution in [0.5, 0.6) is 0 Å². The van der Waals surface area contributed by atoms with Crippen molar-refractivity contribution < 1.29 is 14.7 Å². The van der Waals surface area contributed by atoms with Crippen LogP contribution in [0.1, 0.15) is 6.92 Å². The lowest BCUT2D eigenvalue weighted by molar-refractivity contribution is -0.131. The Balaban J connectivity index is 3.48. The number of aliphatic carboxylic acids is 1. The third kappa shape index (κ3) is 6.68. The van der Waals surface area contributed by atoms with Crippen molar-refractivity contribution in [1.82, 2.24) is 5.32 Å². The minimum absolute atomic E-state index is 0.285. The van der Waals surface area contributed by atoms with Crippen molar-refractivity contribution >= 4 is 11.9 Å². The summed E-state index contributed by atoms with van der Waals surface area (Å²) in [4.78, 5) is 19.8. The van der Waals surface area contributed by atoms with Crippen LogP contribution in [0.15, 0.2) is 12.3 Å². The number of carbonyl (C=O) groups excluding carboxylic acids is 1. The quantitative estimate of drug-likeness (QED) is 0.504. The summed E-state index contributed by atoms with van der Waals surface area (Å²) in [5, 5.41) is 10.2. The summed E-state index contributed by atoms with van der Waals surface area (Å²) >= 11 is 0. The largest absolute Gasteiger partial charge is 0.478 e. The highest BCUT2D eigenvalue weighted by Gasteiger charge is 1.85. The Morgan fingerprint density at radius 3 is 2.44 bits per heavy atom. The van der Waals surface area contributed by atoms with Crippen molar-refractivity contribution in [3.63, 3.8) is 0 Å². The molecular formula is C5H7NO3. The summed E-state index contributed by atoms with van der Waals surface area (Å²) in [6.45, 7) is 1.30. The molecule has 0 aromatic rings. The normalized spacial score (nSPS) is 9.44. The first-order valence-electron chi connectivity index (χ1n) is 2.29. The molecule has 50 valence electrons. The van der Waals surface area contributed by atoms with Crippen LogP contribution in [0.25, 0.3) is 0 Å². The lowest BCUT2D eigenvalue weighted by Gasteiger charge is -1.86. The second-order valence-corrected chi connectivity index (χ2v) is 1.37. The van der Waals surface area contributed by atoms with Crippen molar-refractivity contribution in [2.45, 2.75) is 6.92 Å². The molecule has 2 N–H and O–H groups in total. The van der Waals surface area contributed by atoms with E-state index in [1.807, 2.05) is 0 Å². The average Bonchev–Trinajstić information content (AvgIpc) is 1.63.